The second-order valence-electron chi connectivity index (χ2n) is 8.32. The summed E-state index contributed by atoms with van der Waals surface area (Å²) in [5, 5.41) is 10.4. The number of hydrogen-bond donors (Lipinski definition) is 2. The standard InChI is InChI=1S/C25H28N4O2S/c1-16-9-12-22(17(2)13-16)29-23(20-14-32-15-21(20)28-29)27-25(31)24(30)26-18(3)10-11-19-7-5-4-6-8-19/h4-9,12-13,18H,10-11,14-15H2,1-3H3,(H,26,30)(H,27,31)/t18-/m1/s1. The Morgan fingerprint density at radius 2 is 1.88 bits per heavy atom. The predicted octanol–water partition coefficient (Wildman–Crippen LogP) is 4.31. The fourth-order valence-electron chi connectivity index (χ4n) is 3.91. The molecule has 3 aromatic rings. The first-order valence-corrected chi connectivity index (χ1v) is 12.0. The van der Waals surface area contributed by atoms with Crippen molar-refractivity contribution in [1.82, 2.24) is 15.1 Å². The van der Waals surface area contributed by atoms with Gasteiger partial charge in [-0.2, -0.15) is 16.9 Å². The number of nitrogens with zero attached hydrogens (tertiary/aromatic N) is 2. The van der Waals surface area contributed by atoms with Crippen LogP contribution in [0.2, 0.25) is 0 Å². The Balaban J connectivity index is 1.46. The van der Waals surface area contributed by atoms with Gasteiger partial charge in [0, 0.05) is 23.1 Å². The monoisotopic (exact) mass is 448 g/mol. The average Bonchev–Trinajstić information content (AvgIpc) is 3.35. The molecule has 4 rings (SSSR count). The Morgan fingerprint density at radius 1 is 1.09 bits per heavy atom. The Kier molecular flexibility index (Phi) is 6.65. The summed E-state index contributed by atoms with van der Waals surface area (Å²) in [5.41, 5.74) is 6.30. The third-order valence-electron chi connectivity index (χ3n) is 5.66. The van der Waals surface area contributed by atoms with Gasteiger partial charge >= 0.3 is 11.8 Å². The van der Waals surface area contributed by atoms with Gasteiger partial charge in [-0.1, -0.05) is 48.0 Å². The number of thioether (sulfide) groups is 1. The highest BCUT2D eigenvalue weighted by atomic mass is 32.2. The molecule has 2 aromatic carbocycles. The first-order valence-electron chi connectivity index (χ1n) is 10.8. The van der Waals surface area contributed by atoms with Crippen LogP contribution in [0, 0.1) is 13.8 Å². The molecule has 1 atom stereocenters. The lowest BCUT2D eigenvalue weighted by atomic mass is 10.1. The van der Waals surface area contributed by atoms with Crippen molar-refractivity contribution in [2.75, 3.05) is 5.32 Å². The average molecular weight is 449 g/mol. The summed E-state index contributed by atoms with van der Waals surface area (Å²) in [6.07, 6.45) is 1.60. The molecule has 6 nitrogen and oxygen atoms in total. The normalized spacial score (nSPS) is 13.5. The van der Waals surface area contributed by atoms with E-state index in [9.17, 15) is 9.59 Å². The van der Waals surface area contributed by atoms with Gasteiger partial charge in [0.05, 0.1) is 11.4 Å². The van der Waals surface area contributed by atoms with Crippen LogP contribution in [-0.2, 0) is 27.5 Å². The zero-order valence-corrected chi connectivity index (χ0v) is 19.5. The molecule has 0 saturated carbocycles. The van der Waals surface area contributed by atoms with E-state index in [2.05, 4.69) is 28.8 Å². The second kappa shape index (κ2) is 9.61. The summed E-state index contributed by atoms with van der Waals surface area (Å²) in [6, 6.07) is 16.1. The van der Waals surface area contributed by atoms with Gasteiger partial charge in [0.2, 0.25) is 0 Å². The maximum atomic E-state index is 12.8. The van der Waals surface area contributed by atoms with Crippen molar-refractivity contribution in [2.45, 2.75) is 51.2 Å². The SMILES string of the molecule is Cc1ccc(-n2nc3c(c2NC(=O)C(=O)N[C@H](C)CCc2ccccc2)CSC3)c(C)c1. The molecule has 1 aliphatic rings. The minimum Gasteiger partial charge on any atom is -0.345 e. The van der Waals surface area contributed by atoms with Gasteiger partial charge < -0.3 is 10.6 Å². The minimum absolute atomic E-state index is 0.112. The maximum Gasteiger partial charge on any atom is 0.314 e. The van der Waals surface area contributed by atoms with Crippen molar-refractivity contribution < 1.29 is 9.59 Å². The molecule has 2 amide bonds. The van der Waals surface area contributed by atoms with E-state index in [-0.39, 0.29) is 6.04 Å². The molecule has 32 heavy (non-hydrogen) atoms. The number of carbonyl (C=O) groups excluding carboxylic acids is 2. The molecule has 0 bridgehead atoms. The van der Waals surface area contributed by atoms with Crippen LogP contribution >= 0.6 is 11.8 Å². The van der Waals surface area contributed by atoms with Crippen molar-refractivity contribution in [3.8, 4) is 5.69 Å². The molecule has 166 valence electrons. The number of amides is 2. The third kappa shape index (κ3) is 4.88. The van der Waals surface area contributed by atoms with Gasteiger partial charge in [0.15, 0.2) is 0 Å². The lowest BCUT2D eigenvalue weighted by molar-refractivity contribution is -0.136. The smallest absolute Gasteiger partial charge is 0.314 e. The van der Waals surface area contributed by atoms with E-state index in [0.717, 1.165) is 52.4 Å². The number of nitrogens with one attached hydrogen (secondary N) is 2. The van der Waals surface area contributed by atoms with E-state index in [4.69, 9.17) is 5.10 Å². The van der Waals surface area contributed by atoms with Gasteiger partial charge in [-0.05, 0) is 50.8 Å². The van der Waals surface area contributed by atoms with Crippen LogP contribution in [0.25, 0.3) is 5.69 Å². The molecular weight excluding hydrogens is 420 g/mol. The van der Waals surface area contributed by atoms with Crippen molar-refractivity contribution >= 4 is 29.4 Å². The summed E-state index contributed by atoms with van der Waals surface area (Å²) in [4.78, 5) is 25.4. The van der Waals surface area contributed by atoms with E-state index in [1.165, 1.54) is 5.56 Å². The number of carbonyl (C=O) groups is 2. The number of aromatic nitrogens is 2. The van der Waals surface area contributed by atoms with Crippen LogP contribution in [0.3, 0.4) is 0 Å². The molecule has 0 aliphatic carbocycles. The highest BCUT2D eigenvalue weighted by Crippen LogP contribution is 2.36. The zero-order valence-electron chi connectivity index (χ0n) is 18.6. The lowest BCUT2D eigenvalue weighted by Gasteiger charge is -2.15. The van der Waals surface area contributed by atoms with Crippen LogP contribution < -0.4 is 10.6 Å². The minimum atomic E-state index is -0.665. The first-order chi connectivity index (χ1) is 15.4. The zero-order chi connectivity index (χ0) is 22.7. The molecule has 0 unspecified atom stereocenters. The first kappa shape index (κ1) is 22.1. The Morgan fingerprint density at radius 3 is 2.62 bits per heavy atom. The molecular formula is C25H28N4O2S. The van der Waals surface area contributed by atoms with Crippen molar-refractivity contribution in [1.29, 1.82) is 0 Å². The van der Waals surface area contributed by atoms with Crippen molar-refractivity contribution in [3.05, 3.63) is 76.5 Å². The number of aryl methyl sites for hydroxylation is 3. The van der Waals surface area contributed by atoms with E-state index >= 15 is 0 Å². The van der Waals surface area contributed by atoms with E-state index in [1.807, 2.05) is 51.1 Å². The molecule has 0 spiro atoms. The number of anilines is 1. The summed E-state index contributed by atoms with van der Waals surface area (Å²) in [7, 11) is 0. The number of hydrogen-bond acceptors (Lipinski definition) is 4. The highest BCUT2D eigenvalue weighted by Gasteiger charge is 2.27. The van der Waals surface area contributed by atoms with E-state index in [0.29, 0.717) is 5.82 Å². The van der Waals surface area contributed by atoms with E-state index in [1.54, 1.807) is 16.4 Å². The molecule has 1 aliphatic heterocycles. The second-order valence-corrected chi connectivity index (χ2v) is 9.31. The maximum absolute atomic E-state index is 12.8. The predicted molar refractivity (Wildman–Crippen MR) is 129 cm³/mol. The van der Waals surface area contributed by atoms with Crippen LogP contribution in [0.15, 0.2) is 48.5 Å². The number of benzene rings is 2. The summed E-state index contributed by atoms with van der Waals surface area (Å²) in [6.45, 7) is 5.99. The van der Waals surface area contributed by atoms with Crippen LogP contribution in [-0.4, -0.2) is 27.6 Å². The van der Waals surface area contributed by atoms with Crippen LogP contribution in [0.1, 0.15) is 41.3 Å². The van der Waals surface area contributed by atoms with Crippen LogP contribution in [0.4, 0.5) is 5.82 Å². The van der Waals surface area contributed by atoms with Gasteiger partial charge in [-0.15, -0.1) is 0 Å². The van der Waals surface area contributed by atoms with Gasteiger partial charge in [-0.3, -0.25) is 9.59 Å². The van der Waals surface area contributed by atoms with Crippen molar-refractivity contribution in [3.63, 3.8) is 0 Å². The third-order valence-corrected chi connectivity index (χ3v) is 6.63. The molecule has 7 heteroatoms. The largest absolute Gasteiger partial charge is 0.345 e. The molecule has 0 saturated heterocycles. The summed E-state index contributed by atoms with van der Waals surface area (Å²) in [5.74, 6) is 0.874. The topological polar surface area (TPSA) is 76.0 Å². The van der Waals surface area contributed by atoms with Crippen molar-refractivity contribution in [2.24, 2.45) is 0 Å². The van der Waals surface area contributed by atoms with Gasteiger partial charge in [-0.25, -0.2) is 4.68 Å². The molecule has 1 aromatic heterocycles. The fraction of sp³-hybridized carbons (Fsp3) is 0.320. The molecule has 0 fully saturated rings. The number of rotatable bonds is 6. The Labute approximate surface area is 192 Å². The van der Waals surface area contributed by atoms with Crippen LogP contribution in [0.5, 0.6) is 0 Å². The number of fused-ring (bicyclic) bond motifs is 1. The highest BCUT2D eigenvalue weighted by molar-refractivity contribution is 7.98. The van der Waals surface area contributed by atoms with Gasteiger partial charge in [0.25, 0.3) is 0 Å². The quantitative estimate of drug-likeness (QED) is 0.551. The Bertz CT molecular complexity index is 1140. The van der Waals surface area contributed by atoms with E-state index < -0.39 is 11.8 Å². The molecule has 2 heterocycles. The lowest BCUT2D eigenvalue weighted by Crippen LogP contribution is -2.41. The summed E-state index contributed by atoms with van der Waals surface area (Å²) >= 11 is 1.76. The van der Waals surface area contributed by atoms with Gasteiger partial charge in [0.1, 0.15) is 5.82 Å². The fourth-order valence-corrected chi connectivity index (χ4v) is 4.95. The molecule has 2 N–H and O–H groups in total. The molecule has 0 radical (unpaired) electrons. The Hall–Kier alpha value is -3.06. The summed E-state index contributed by atoms with van der Waals surface area (Å²) < 4.78 is 1.77.